The van der Waals surface area contributed by atoms with Crippen LogP contribution in [0.5, 0.6) is 0 Å². The Bertz CT molecular complexity index is 731. The van der Waals surface area contributed by atoms with Crippen molar-refractivity contribution in [2.45, 2.75) is 52.4 Å². The van der Waals surface area contributed by atoms with Crippen LogP contribution in [0.2, 0.25) is 0 Å². The first-order valence-corrected chi connectivity index (χ1v) is 12.6. The molecule has 1 aromatic carbocycles. The molecular formula is C26H42N4O2. The van der Waals surface area contributed by atoms with E-state index in [4.69, 9.17) is 4.74 Å². The average Bonchev–Trinajstić information content (AvgIpc) is 2.75. The van der Waals surface area contributed by atoms with Crippen LogP contribution in [0, 0.1) is 12.8 Å². The molecule has 1 amide bonds. The van der Waals surface area contributed by atoms with Crippen LogP contribution in [-0.2, 0) is 16.1 Å². The van der Waals surface area contributed by atoms with Gasteiger partial charge in [0, 0.05) is 52.4 Å². The fraction of sp³-hybridized carbons (Fsp3) is 0.731. The molecule has 0 N–H and O–H groups in total. The van der Waals surface area contributed by atoms with Gasteiger partial charge in [0.05, 0.1) is 18.8 Å². The van der Waals surface area contributed by atoms with Crippen LogP contribution in [0.4, 0.5) is 0 Å². The lowest BCUT2D eigenvalue weighted by Crippen LogP contribution is -2.52. The maximum absolute atomic E-state index is 12.9. The molecule has 4 rings (SSSR count). The molecule has 6 heteroatoms. The summed E-state index contributed by atoms with van der Waals surface area (Å²) in [6.07, 6.45) is 3.09. The van der Waals surface area contributed by atoms with Crippen LogP contribution >= 0.6 is 0 Å². The number of rotatable bonds is 6. The van der Waals surface area contributed by atoms with Crippen molar-refractivity contribution >= 4 is 5.91 Å². The van der Waals surface area contributed by atoms with E-state index in [-0.39, 0.29) is 0 Å². The summed E-state index contributed by atoms with van der Waals surface area (Å²) in [5, 5.41) is 0. The predicted molar refractivity (Wildman–Crippen MR) is 129 cm³/mol. The van der Waals surface area contributed by atoms with E-state index in [1.807, 2.05) is 0 Å². The molecule has 3 aliphatic heterocycles. The van der Waals surface area contributed by atoms with Gasteiger partial charge in [0.2, 0.25) is 5.91 Å². The largest absolute Gasteiger partial charge is 0.373 e. The van der Waals surface area contributed by atoms with Crippen molar-refractivity contribution in [1.82, 2.24) is 19.6 Å². The van der Waals surface area contributed by atoms with Gasteiger partial charge in [-0.2, -0.15) is 0 Å². The van der Waals surface area contributed by atoms with Crippen LogP contribution in [0.1, 0.15) is 37.8 Å². The van der Waals surface area contributed by atoms with Crippen molar-refractivity contribution in [3.63, 3.8) is 0 Å². The van der Waals surface area contributed by atoms with Gasteiger partial charge in [-0.15, -0.1) is 0 Å². The Morgan fingerprint density at radius 2 is 1.62 bits per heavy atom. The summed E-state index contributed by atoms with van der Waals surface area (Å²) >= 11 is 0. The number of amides is 1. The monoisotopic (exact) mass is 442 g/mol. The molecule has 1 aromatic rings. The van der Waals surface area contributed by atoms with E-state index in [0.717, 1.165) is 64.8 Å². The number of hydrogen-bond acceptors (Lipinski definition) is 5. The number of piperidine rings is 1. The lowest BCUT2D eigenvalue weighted by molar-refractivity contribution is -0.134. The number of piperazine rings is 1. The maximum Gasteiger partial charge on any atom is 0.236 e. The zero-order chi connectivity index (χ0) is 22.5. The van der Waals surface area contributed by atoms with E-state index < -0.39 is 0 Å². The first-order valence-electron chi connectivity index (χ1n) is 12.6. The van der Waals surface area contributed by atoms with E-state index in [0.29, 0.717) is 24.7 Å². The van der Waals surface area contributed by atoms with Gasteiger partial charge < -0.3 is 9.64 Å². The summed E-state index contributed by atoms with van der Waals surface area (Å²) < 4.78 is 5.87. The standard InChI is InChI=1S/C26H42N4O2/c1-21-5-4-6-25(15-21)19-28-11-13-30(14-12-28)26(31)20-27-9-7-24(8-10-27)18-29-16-22(2)32-23(3)17-29/h4-6,15,22-24H,7-14,16-20H2,1-3H3. The van der Waals surface area contributed by atoms with Crippen LogP contribution in [0.3, 0.4) is 0 Å². The Kier molecular flexibility index (Phi) is 8.22. The fourth-order valence-corrected chi connectivity index (χ4v) is 5.64. The minimum absolute atomic E-state index is 0.314. The van der Waals surface area contributed by atoms with E-state index >= 15 is 0 Å². The molecular weight excluding hydrogens is 400 g/mol. The molecule has 3 heterocycles. The average molecular weight is 443 g/mol. The highest BCUT2D eigenvalue weighted by molar-refractivity contribution is 5.78. The van der Waals surface area contributed by atoms with Gasteiger partial charge in [-0.05, 0) is 58.2 Å². The number of likely N-dealkylation sites (tertiary alicyclic amines) is 1. The maximum atomic E-state index is 12.9. The van der Waals surface area contributed by atoms with Crippen molar-refractivity contribution in [3.8, 4) is 0 Å². The third-order valence-corrected chi connectivity index (χ3v) is 7.29. The summed E-state index contributed by atoms with van der Waals surface area (Å²) in [6.45, 7) is 17.1. The van der Waals surface area contributed by atoms with Gasteiger partial charge in [0.15, 0.2) is 0 Å². The van der Waals surface area contributed by atoms with Gasteiger partial charge in [-0.25, -0.2) is 0 Å². The highest BCUT2D eigenvalue weighted by atomic mass is 16.5. The smallest absolute Gasteiger partial charge is 0.236 e. The highest BCUT2D eigenvalue weighted by Gasteiger charge is 2.28. The zero-order valence-electron chi connectivity index (χ0n) is 20.3. The summed E-state index contributed by atoms with van der Waals surface area (Å²) in [6, 6.07) is 8.75. The molecule has 0 spiro atoms. The van der Waals surface area contributed by atoms with Crippen molar-refractivity contribution in [2.75, 3.05) is 65.4 Å². The molecule has 3 fully saturated rings. The normalized spacial score (nSPS) is 27.0. The van der Waals surface area contributed by atoms with E-state index in [9.17, 15) is 4.79 Å². The molecule has 32 heavy (non-hydrogen) atoms. The molecule has 3 aliphatic rings. The number of morpholine rings is 1. The first kappa shape index (κ1) is 23.7. The number of hydrogen-bond donors (Lipinski definition) is 0. The van der Waals surface area contributed by atoms with Gasteiger partial charge in [0.25, 0.3) is 0 Å². The molecule has 0 radical (unpaired) electrons. The summed E-state index contributed by atoms with van der Waals surface area (Å²) in [5.41, 5.74) is 2.68. The molecule has 178 valence electrons. The van der Waals surface area contributed by atoms with Crippen molar-refractivity contribution < 1.29 is 9.53 Å². The van der Waals surface area contributed by atoms with Crippen LogP contribution in [-0.4, -0.2) is 103 Å². The van der Waals surface area contributed by atoms with E-state index in [1.54, 1.807) is 0 Å². The number of benzene rings is 1. The number of carbonyl (C=O) groups is 1. The number of nitrogens with zero attached hydrogens (tertiary/aromatic N) is 4. The first-order chi connectivity index (χ1) is 15.4. The second-order valence-corrected chi connectivity index (χ2v) is 10.3. The Labute approximate surface area is 194 Å². The minimum atomic E-state index is 0.314. The fourth-order valence-electron chi connectivity index (χ4n) is 5.64. The van der Waals surface area contributed by atoms with E-state index in [2.05, 4.69) is 64.6 Å². The topological polar surface area (TPSA) is 39.3 Å². The second-order valence-electron chi connectivity index (χ2n) is 10.3. The Balaban J connectivity index is 1.14. The summed E-state index contributed by atoms with van der Waals surface area (Å²) in [7, 11) is 0. The molecule has 3 saturated heterocycles. The molecule has 2 unspecified atom stereocenters. The molecule has 0 aromatic heterocycles. The van der Waals surface area contributed by atoms with Gasteiger partial charge in [-0.1, -0.05) is 29.8 Å². The van der Waals surface area contributed by atoms with Gasteiger partial charge in [-0.3, -0.25) is 19.5 Å². The third kappa shape index (κ3) is 6.77. The number of ether oxygens (including phenoxy) is 1. The minimum Gasteiger partial charge on any atom is -0.373 e. The molecule has 0 bridgehead atoms. The molecule has 0 saturated carbocycles. The molecule has 6 nitrogen and oxygen atoms in total. The quantitative estimate of drug-likeness (QED) is 0.677. The predicted octanol–water partition coefficient (Wildman–Crippen LogP) is 2.46. The van der Waals surface area contributed by atoms with Crippen LogP contribution < -0.4 is 0 Å². The number of carbonyl (C=O) groups excluding carboxylic acids is 1. The Morgan fingerprint density at radius 3 is 2.28 bits per heavy atom. The van der Waals surface area contributed by atoms with E-state index in [1.165, 1.54) is 30.5 Å². The van der Waals surface area contributed by atoms with Gasteiger partial charge in [0.1, 0.15) is 0 Å². The van der Waals surface area contributed by atoms with Crippen LogP contribution in [0.15, 0.2) is 24.3 Å². The van der Waals surface area contributed by atoms with Crippen molar-refractivity contribution in [3.05, 3.63) is 35.4 Å². The second kappa shape index (κ2) is 11.1. The molecule has 2 atom stereocenters. The highest BCUT2D eigenvalue weighted by Crippen LogP contribution is 2.21. The van der Waals surface area contributed by atoms with Crippen molar-refractivity contribution in [2.24, 2.45) is 5.92 Å². The third-order valence-electron chi connectivity index (χ3n) is 7.29. The van der Waals surface area contributed by atoms with Gasteiger partial charge >= 0.3 is 0 Å². The summed E-state index contributed by atoms with van der Waals surface area (Å²) in [5.74, 6) is 1.07. The Morgan fingerprint density at radius 1 is 0.938 bits per heavy atom. The number of aryl methyl sites for hydroxylation is 1. The van der Waals surface area contributed by atoms with Crippen LogP contribution in [0.25, 0.3) is 0 Å². The lowest BCUT2D eigenvalue weighted by Gasteiger charge is -2.40. The summed E-state index contributed by atoms with van der Waals surface area (Å²) in [4.78, 5) is 22.4. The molecule has 0 aliphatic carbocycles. The Hall–Kier alpha value is -1.47. The van der Waals surface area contributed by atoms with Crippen molar-refractivity contribution in [1.29, 1.82) is 0 Å². The zero-order valence-corrected chi connectivity index (χ0v) is 20.3. The SMILES string of the molecule is Cc1cccc(CN2CCN(C(=O)CN3CCC(CN4CC(C)OC(C)C4)CC3)CC2)c1. The lowest BCUT2D eigenvalue weighted by atomic mass is 9.95.